The molecule has 1 atom stereocenters. The Hall–Kier alpha value is -1.72. The highest BCUT2D eigenvalue weighted by atomic mass is 35.5. The van der Waals surface area contributed by atoms with E-state index in [1.807, 2.05) is 6.07 Å². The molecule has 96 valence electrons. The molecule has 0 aliphatic carbocycles. The van der Waals surface area contributed by atoms with E-state index in [4.69, 9.17) is 5.73 Å². The summed E-state index contributed by atoms with van der Waals surface area (Å²) in [4.78, 5) is 19.9. The summed E-state index contributed by atoms with van der Waals surface area (Å²) < 4.78 is 0. The largest absolute Gasteiger partial charge is 0.327 e. The molecule has 3 N–H and O–H groups in total. The molecule has 1 unspecified atom stereocenters. The predicted molar refractivity (Wildman–Crippen MR) is 73.7 cm³/mol. The van der Waals surface area contributed by atoms with Crippen LogP contribution in [0.5, 0.6) is 0 Å². The molecular formula is C12H15ClN4O. The Morgan fingerprint density at radius 1 is 1.33 bits per heavy atom. The van der Waals surface area contributed by atoms with Gasteiger partial charge >= 0.3 is 0 Å². The number of fused-ring (bicyclic) bond motifs is 1. The summed E-state index contributed by atoms with van der Waals surface area (Å²) in [5.74, 6) is -0.0942. The summed E-state index contributed by atoms with van der Waals surface area (Å²) >= 11 is 0. The van der Waals surface area contributed by atoms with Gasteiger partial charge in [-0.2, -0.15) is 0 Å². The molecule has 0 fully saturated rings. The molecule has 0 saturated heterocycles. The third-order valence-corrected chi connectivity index (χ3v) is 2.26. The highest BCUT2D eigenvalue weighted by molar-refractivity contribution is 5.93. The van der Waals surface area contributed by atoms with E-state index in [-0.39, 0.29) is 24.4 Å². The molecule has 2 rings (SSSR count). The molecular weight excluding hydrogens is 252 g/mol. The lowest BCUT2D eigenvalue weighted by atomic mass is 10.2. The van der Waals surface area contributed by atoms with E-state index >= 15 is 0 Å². The van der Waals surface area contributed by atoms with Gasteiger partial charge in [0, 0.05) is 30.5 Å². The molecule has 0 saturated carbocycles. The average molecular weight is 267 g/mol. The standard InChI is InChI=1S/C12H14N4O.ClH/c1-8(13)6-12(17)16-9-2-3-10-11(7-9)15-5-4-14-10;/h2-5,7-8H,6,13H2,1H3,(H,16,17);1H. The number of hydrogen-bond acceptors (Lipinski definition) is 4. The van der Waals surface area contributed by atoms with Gasteiger partial charge in [-0.25, -0.2) is 0 Å². The van der Waals surface area contributed by atoms with E-state index in [1.165, 1.54) is 0 Å². The number of carbonyl (C=O) groups is 1. The lowest BCUT2D eigenvalue weighted by Gasteiger charge is -2.07. The first-order chi connectivity index (χ1) is 8.15. The zero-order valence-corrected chi connectivity index (χ0v) is 10.8. The molecule has 6 heteroatoms. The van der Waals surface area contributed by atoms with Crippen molar-refractivity contribution in [2.24, 2.45) is 5.73 Å². The lowest BCUT2D eigenvalue weighted by Crippen LogP contribution is -2.23. The Morgan fingerprint density at radius 2 is 2.00 bits per heavy atom. The van der Waals surface area contributed by atoms with Crippen molar-refractivity contribution < 1.29 is 4.79 Å². The third-order valence-electron chi connectivity index (χ3n) is 2.26. The summed E-state index contributed by atoms with van der Waals surface area (Å²) in [6.07, 6.45) is 3.56. The molecule has 0 bridgehead atoms. The maximum absolute atomic E-state index is 11.5. The van der Waals surface area contributed by atoms with Crippen molar-refractivity contribution in [3.63, 3.8) is 0 Å². The van der Waals surface area contributed by atoms with Gasteiger partial charge in [0.05, 0.1) is 11.0 Å². The third kappa shape index (κ3) is 3.65. The highest BCUT2D eigenvalue weighted by Gasteiger charge is 2.06. The van der Waals surface area contributed by atoms with E-state index in [2.05, 4.69) is 15.3 Å². The molecule has 0 radical (unpaired) electrons. The van der Waals surface area contributed by atoms with Crippen LogP contribution in [0.1, 0.15) is 13.3 Å². The van der Waals surface area contributed by atoms with E-state index in [1.54, 1.807) is 31.5 Å². The lowest BCUT2D eigenvalue weighted by molar-refractivity contribution is -0.116. The van der Waals surface area contributed by atoms with Crippen molar-refractivity contribution in [1.82, 2.24) is 9.97 Å². The topological polar surface area (TPSA) is 80.9 Å². The molecule has 2 aromatic rings. The number of benzene rings is 1. The van der Waals surface area contributed by atoms with Gasteiger partial charge in [-0.3, -0.25) is 14.8 Å². The summed E-state index contributed by atoms with van der Waals surface area (Å²) in [7, 11) is 0. The fourth-order valence-corrected chi connectivity index (χ4v) is 1.55. The molecule has 18 heavy (non-hydrogen) atoms. The van der Waals surface area contributed by atoms with Gasteiger partial charge in [0.25, 0.3) is 0 Å². The van der Waals surface area contributed by atoms with Gasteiger partial charge in [-0.15, -0.1) is 12.4 Å². The number of nitrogens with zero attached hydrogens (tertiary/aromatic N) is 2. The van der Waals surface area contributed by atoms with Gasteiger partial charge in [-0.1, -0.05) is 0 Å². The quantitative estimate of drug-likeness (QED) is 0.886. The normalized spacial score (nSPS) is 11.7. The number of hydrogen-bond donors (Lipinski definition) is 2. The van der Waals surface area contributed by atoms with Crippen molar-refractivity contribution in [3.8, 4) is 0 Å². The summed E-state index contributed by atoms with van der Waals surface area (Å²) in [5.41, 5.74) is 7.83. The number of halogens is 1. The second kappa shape index (κ2) is 6.28. The minimum Gasteiger partial charge on any atom is -0.327 e. The van der Waals surface area contributed by atoms with Crippen LogP contribution in [0, 0.1) is 0 Å². The minimum absolute atomic E-state index is 0. The van der Waals surface area contributed by atoms with Crippen LogP contribution >= 0.6 is 12.4 Å². The first-order valence-corrected chi connectivity index (χ1v) is 5.41. The van der Waals surface area contributed by atoms with Crippen molar-refractivity contribution in [2.75, 3.05) is 5.32 Å². The van der Waals surface area contributed by atoms with E-state index in [0.717, 1.165) is 11.0 Å². The number of nitrogens with one attached hydrogen (secondary N) is 1. The van der Waals surface area contributed by atoms with E-state index < -0.39 is 0 Å². The molecule has 1 aromatic heterocycles. The second-order valence-electron chi connectivity index (χ2n) is 3.99. The first-order valence-electron chi connectivity index (χ1n) is 5.41. The van der Waals surface area contributed by atoms with Gasteiger partial charge in [-0.05, 0) is 25.1 Å². The average Bonchev–Trinajstić information content (AvgIpc) is 2.27. The SMILES string of the molecule is CC(N)CC(=O)Nc1ccc2nccnc2c1.Cl. The molecule has 1 amide bonds. The number of nitrogens with two attached hydrogens (primary N) is 1. The second-order valence-corrected chi connectivity index (χ2v) is 3.99. The van der Waals surface area contributed by atoms with Crippen LogP contribution in [0.25, 0.3) is 11.0 Å². The Bertz CT molecular complexity index is 544. The smallest absolute Gasteiger partial charge is 0.225 e. The molecule has 0 aliphatic rings. The van der Waals surface area contributed by atoms with Crippen molar-refractivity contribution in [2.45, 2.75) is 19.4 Å². The van der Waals surface area contributed by atoms with Crippen LogP contribution in [-0.2, 0) is 4.79 Å². The van der Waals surface area contributed by atoms with Crippen LogP contribution in [0.2, 0.25) is 0 Å². The first kappa shape index (κ1) is 14.3. The Labute approximate surface area is 111 Å². The van der Waals surface area contributed by atoms with Crippen LogP contribution < -0.4 is 11.1 Å². The zero-order chi connectivity index (χ0) is 12.3. The van der Waals surface area contributed by atoms with Gasteiger partial charge in [0.1, 0.15) is 0 Å². The molecule has 0 aliphatic heterocycles. The van der Waals surface area contributed by atoms with Crippen LogP contribution in [0.15, 0.2) is 30.6 Å². The zero-order valence-electron chi connectivity index (χ0n) is 9.96. The maximum atomic E-state index is 11.5. The number of rotatable bonds is 3. The molecule has 0 spiro atoms. The molecule has 5 nitrogen and oxygen atoms in total. The van der Waals surface area contributed by atoms with Gasteiger partial charge in [0.2, 0.25) is 5.91 Å². The maximum Gasteiger partial charge on any atom is 0.225 e. The fourth-order valence-electron chi connectivity index (χ4n) is 1.55. The van der Waals surface area contributed by atoms with Gasteiger partial charge in [0.15, 0.2) is 0 Å². The predicted octanol–water partition coefficient (Wildman–Crippen LogP) is 1.73. The van der Waals surface area contributed by atoms with Gasteiger partial charge < -0.3 is 11.1 Å². The number of amides is 1. The van der Waals surface area contributed by atoms with E-state index in [0.29, 0.717) is 12.1 Å². The number of anilines is 1. The summed E-state index contributed by atoms with van der Waals surface area (Å²) in [6, 6.07) is 5.27. The summed E-state index contributed by atoms with van der Waals surface area (Å²) in [5, 5.41) is 2.78. The monoisotopic (exact) mass is 266 g/mol. The van der Waals surface area contributed by atoms with Crippen molar-refractivity contribution >= 4 is 35.0 Å². The summed E-state index contributed by atoms with van der Waals surface area (Å²) in [6.45, 7) is 1.80. The molecule has 1 heterocycles. The molecule has 1 aromatic carbocycles. The van der Waals surface area contributed by atoms with Crippen LogP contribution in [0.3, 0.4) is 0 Å². The fraction of sp³-hybridized carbons (Fsp3) is 0.250. The van der Waals surface area contributed by atoms with Crippen molar-refractivity contribution in [1.29, 1.82) is 0 Å². The number of carbonyl (C=O) groups excluding carboxylic acids is 1. The number of aromatic nitrogens is 2. The Morgan fingerprint density at radius 3 is 2.67 bits per heavy atom. The minimum atomic E-state index is -0.143. The van der Waals surface area contributed by atoms with Crippen LogP contribution in [0.4, 0.5) is 5.69 Å². The Balaban J connectivity index is 0.00000162. The van der Waals surface area contributed by atoms with Crippen molar-refractivity contribution in [3.05, 3.63) is 30.6 Å². The van der Waals surface area contributed by atoms with Crippen LogP contribution in [-0.4, -0.2) is 21.9 Å². The highest BCUT2D eigenvalue weighted by Crippen LogP contribution is 2.15. The Kier molecular flexibility index (Phi) is 5.00. The van der Waals surface area contributed by atoms with E-state index in [9.17, 15) is 4.79 Å².